The molecule has 5 heteroatoms. The lowest BCUT2D eigenvalue weighted by Gasteiger charge is -2.02. The van der Waals surface area contributed by atoms with Crippen LogP contribution in [-0.4, -0.2) is 18.4 Å². The van der Waals surface area contributed by atoms with Crippen molar-refractivity contribution in [2.75, 3.05) is 6.54 Å². The zero-order valence-corrected chi connectivity index (χ0v) is 5.39. The fraction of sp³-hybridized carbons (Fsp3) is 0.600. The summed E-state index contributed by atoms with van der Waals surface area (Å²) in [6, 6.07) is 0. The van der Waals surface area contributed by atoms with Crippen molar-refractivity contribution in [3.05, 3.63) is 0 Å². The third kappa shape index (κ3) is 1.08. The van der Waals surface area contributed by atoms with Crippen LogP contribution in [-0.2, 0) is 9.59 Å². The van der Waals surface area contributed by atoms with Crippen LogP contribution >= 0.6 is 0 Å². The van der Waals surface area contributed by atoms with E-state index in [1.807, 2.05) is 5.43 Å². The van der Waals surface area contributed by atoms with Crippen molar-refractivity contribution in [2.45, 2.75) is 6.42 Å². The maximum absolute atomic E-state index is 10.7. The summed E-state index contributed by atoms with van der Waals surface area (Å²) in [5.74, 6) is 3.62. The first kappa shape index (κ1) is 7.01. The highest BCUT2D eigenvalue weighted by molar-refractivity contribution is 6.01. The standard InChI is InChI=1S/C5H9N3O2/c6-8-5(10)3-1-2-7-4(3)9/h3H,1-2,6H2,(H,7,9)(H,8,10). The molecule has 1 aliphatic heterocycles. The minimum atomic E-state index is -0.579. The van der Waals surface area contributed by atoms with Crippen LogP contribution in [0.4, 0.5) is 0 Å². The lowest BCUT2D eigenvalue weighted by molar-refractivity contribution is -0.133. The van der Waals surface area contributed by atoms with Crippen LogP contribution in [0.5, 0.6) is 0 Å². The quantitative estimate of drug-likeness (QED) is 0.174. The molecule has 1 fully saturated rings. The van der Waals surface area contributed by atoms with E-state index in [0.717, 1.165) is 0 Å². The Hall–Kier alpha value is -1.10. The Morgan fingerprint density at radius 2 is 2.50 bits per heavy atom. The predicted molar refractivity (Wildman–Crippen MR) is 33.4 cm³/mol. The second-order valence-electron chi connectivity index (χ2n) is 2.14. The predicted octanol–water partition coefficient (Wildman–Crippen LogP) is -1.89. The lowest BCUT2D eigenvalue weighted by atomic mass is 10.1. The van der Waals surface area contributed by atoms with Crippen LogP contribution in [0.15, 0.2) is 0 Å². The molecule has 1 heterocycles. The van der Waals surface area contributed by atoms with E-state index in [2.05, 4.69) is 5.32 Å². The fourth-order valence-electron chi connectivity index (χ4n) is 0.945. The van der Waals surface area contributed by atoms with E-state index in [-0.39, 0.29) is 5.91 Å². The highest BCUT2D eigenvalue weighted by Gasteiger charge is 2.30. The monoisotopic (exact) mass is 143 g/mol. The molecule has 5 nitrogen and oxygen atoms in total. The van der Waals surface area contributed by atoms with Crippen LogP contribution in [0, 0.1) is 5.92 Å². The SMILES string of the molecule is NNC(=O)C1CCNC1=O. The molecule has 1 aliphatic rings. The Bertz CT molecular complexity index is 168. The third-order valence-electron chi connectivity index (χ3n) is 1.51. The molecule has 0 radical (unpaired) electrons. The van der Waals surface area contributed by atoms with Crippen molar-refractivity contribution >= 4 is 11.8 Å². The normalized spacial score (nSPS) is 24.1. The number of carbonyl (C=O) groups excluding carboxylic acids is 2. The number of carbonyl (C=O) groups is 2. The Morgan fingerprint density at radius 3 is 2.90 bits per heavy atom. The second kappa shape index (κ2) is 2.66. The molecule has 0 aromatic carbocycles. The molecule has 1 saturated heterocycles. The summed E-state index contributed by atoms with van der Waals surface area (Å²) in [4.78, 5) is 21.5. The van der Waals surface area contributed by atoms with Crippen molar-refractivity contribution in [3.63, 3.8) is 0 Å². The van der Waals surface area contributed by atoms with Gasteiger partial charge in [-0.3, -0.25) is 15.0 Å². The summed E-state index contributed by atoms with van der Waals surface area (Å²) in [6.07, 6.45) is 0.544. The number of amides is 2. The smallest absolute Gasteiger partial charge is 0.246 e. The molecule has 0 spiro atoms. The van der Waals surface area contributed by atoms with Crippen molar-refractivity contribution in [2.24, 2.45) is 11.8 Å². The van der Waals surface area contributed by atoms with Crippen LogP contribution in [0.2, 0.25) is 0 Å². The van der Waals surface area contributed by atoms with E-state index in [4.69, 9.17) is 5.84 Å². The van der Waals surface area contributed by atoms with Gasteiger partial charge in [0.1, 0.15) is 5.92 Å². The average molecular weight is 143 g/mol. The van der Waals surface area contributed by atoms with E-state index in [1.165, 1.54) is 0 Å². The minimum absolute atomic E-state index is 0.233. The molecule has 1 atom stereocenters. The molecular formula is C5H9N3O2. The van der Waals surface area contributed by atoms with Crippen LogP contribution in [0.3, 0.4) is 0 Å². The van der Waals surface area contributed by atoms with Gasteiger partial charge in [0.2, 0.25) is 11.8 Å². The summed E-state index contributed by atoms with van der Waals surface area (Å²) in [5.41, 5.74) is 1.94. The van der Waals surface area contributed by atoms with Gasteiger partial charge in [-0.2, -0.15) is 0 Å². The van der Waals surface area contributed by atoms with Crippen molar-refractivity contribution in [1.29, 1.82) is 0 Å². The second-order valence-corrected chi connectivity index (χ2v) is 2.14. The first-order valence-corrected chi connectivity index (χ1v) is 3.04. The first-order chi connectivity index (χ1) is 4.75. The molecule has 2 amide bonds. The van der Waals surface area contributed by atoms with Gasteiger partial charge >= 0.3 is 0 Å². The molecule has 0 aromatic heterocycles. The van der Waals surface area contributed by atoms with Gasteiger partial charge in [-0.1, -0.05) is 0 Å². The third-order valence-corrected chi connectivity index (χ3v) is 1.51. The zero-order valence-electron chi connectivity index (χ0n) is 5.39. The van der Waals surface area contributed by atoms with E-state index < -0.39 is 11.8 Å². The van der Waals surface area contributed by atoms with E-state index in [9.17, 15) is 9.59 Å². The van der Waals surface area contributed by atoms with Crippen LogP contribution < -0.4 is 16.6 Å². The lowest BCUT2D eigenvalue weighted by Crippen LogP contribution is -2.39. The van der Waals surface area contributed by atoms with Crippen LogP contribution in [0.1, 0.15) is 6.42 Å². The summed E-state index contributed by atoms with van der Waals surface area (Å²) < 4.78 is 0. The Balaban J connectivity index is 2.55. The summed E-state index contributed by atoms with van der Waals surface area (Å²) in [5, 5.41) is 2.53. The fourth-order valence-corrected chi connectivity index (χ4v) is 0.945. The zero-order chi connectivity index (χ0) is 7.56. The minimum Gasteiger partial charge on any atom is -0.355 e. The maximum Gasteiger partial charge on any atom is 0.246 e. The molecule has 0 aliphatic carbocycles. The van der Waals surface area contributed by atoms with Gasteiger partial charge in [0, 0.05) is 6.54 Å². The average Bonchev–Trinajstić information content (AvgIpc) is 2.34. The van der Waals surface area contributed by atoms with Gasteiger partial charge in [-0.05, 0) is 6.42 Å². The number of hydrogen-bond donors (Lipinski definition) is 3. The van der Waals surface area contributed by atoms with Crippen molar-refractivity contribution in [1.82, 2.24) is 10.7 Å². The number of nitrogens with one attached hydrogen (secondary N) is 2. The molecular weight excluding hydrogens is 134 g/mol. The molecule has 1 rings (SSSR count). The highest BCUT2D eigenvalue weighted by atomic mass is 16.2. The van der Waals surface area contributed by atoms with Gasteiger partial charge in [-0.15, -0.1) is 0 Å². The molecule has 0 bridgehead atoms. The van der Waals surface area contributed by atoms with Gasteiger partial charge in [0.15, 0.2) is 0 Å². The number of hydrazine groups is 1. The Labute approximate surface area is 57.9 Å². The van der Waals surface area contributed by atoms with Gasteiger partial charge in [0.05, 0.1) is 0 Å². The maximum atomic E-state index is 10.7. The molecule has 10 heavy (non-hydrogen) atoms. The number of nitrogens with two attached hydrogens (primary N) is 1. The molecule has 1 unspecified atom stereocenters. The van der Waals surface area contributed by atoms with Crippen LogP contribution in [0.25, 0.3) is 0 Å². The molecule has 0 aromatic rings. The molecule has 56 valence electrons. The van der Waals surface area contributed by atoms with Crippen molar-refractivity contribution in [3.8, 4) is 0 Å². The summed E-state index contributed by atoms with van der Waals surface area (Å²) >= 11 is 0. The van der Waals surface area contributed by atoms with E-state index in [0.29, 0.717) is 13.0 Å². The van der Waals surface area contributed by atoms with Crippen molar-refractivity contribution < 1.29 is 9.59 Å². The van der Waals surface area contributed by atoms with Gasteiger partial charge in [-0.25, -0.2) is 5.84 Å². The first-order valence-electron chi connectivity index (χ1n) is 3.04. The van der Waals surface area contributed by atoms with E-state index >= 15 is 0 Å². The number of hydrogen-bond acceptors (Lipinski definition) is 3. The number of rotatable bonds is 1. The Kier molecular flexibility index (Phi) is 1.86. The highest BCUT2D eigenvalue weighted by Crippen LogP contribution is 2.07. The summed E-state index contributed by atoms with van der Waals surface area (Å²) in [6.45, 7) is 0.566. The van der Waals surface area contributed by atoms with Gasteiger partial charge < -0.3 is 5.32 Å². The topological polar surface area (TPSA) is 84.2 Å². The largest absolute Gasteiger partial charge is 0.355 e. The van der Waals surface area contributed by atoms with Gasteiger partial charge in [0.25, 0.3) is 0 Å². The molecule has 4 N–H and O–H groups in total. The Morgan fingerprint density at radius 1 is 1.80 bits per heavy atom. The summed E-state index contributed by atoms with van der Waals surface area (Å²) in [7, 11) is 0. The van der Waals surface area contributed by atoms with E-state index in [1.54, 1.807) is 0 Å². The molecule has 0 saturated carbocycles.